The van der Waals surface area contributed by atoms with Gasteiger partial charge in [0.15, 0.2) is 5.78 Å². The molecule has 0 aromatic heterocycles. The van der Waals surface area contributed by atoms with Crippen LogP contribution in [0.4, 0.5) is 0 Å². The topological polar surface area (TPSA) is 124 Å². The number of nitrogens with two attached hydrogens (primary N) is 1. The van der Waals surface area contributed by atoms with Gasteiger partial charge < -0.3 is 15.6 Å². The third-order valence-electron chi connectivity index (χ3n) is 8.86. The second kappa shape index (κ2) is 7.84. The van der Waals surface area contributed by atoms with Gasteiger partial charge in [0.1, 0.15) is 17.9 Å². The zero-order valence-corrected chi connectivity index (χ0v) is 18.4. The highest BCUT2D eigenvalue weighted by Gasteiger charge is 2.61. The largest absolute Gasteiger partial charge is 0.481 e. The number of carbonyl (C=O) groups is 4. The van der Waals surface area contributed by atoms with Crippen LogP contribution in [0.3, 0.4) is 0 Å². The Morgan fingerprint density at radius 2 is 1.84 bits per heavy atom. The summed E-state index contributed by atoms with van der Waals surface area (Å²) >= 11 is 0. The molecule has 0 amide bonds. The van der Waals surface area contributed by atoms with E-state index in [9.17, 15) is 19.2 Å². The van der Waals surface area contributed by atoms with Crippen LogP contribution in [0.1, 0.15) is 71.6 Å². The number of fused-ring (bicyclic) bond motifs is 5. The molecular formula is C24H33NO6. The summed E-state index contributed by atoms with van der Waals surface area (Å²) in [7, 11) is 0. The van der Waals surface area contributed by atoms with E-state index in [-0.39, 0.29) is 53.3 Å². The fraction of sp³-hybridized carbons (Fsp3) is 0.750. The third-order valence-corrected chi connectivity index (χ3v) is 8.86. The molecule has 4 aliphatic rings. The van der Waals surface area contributed by atoms with Crippen LogP contribution in [0.2, 0.25) is 0 Å². The molecule has 3 saturated carbocycles. The van der Waals surface area contributed by atoms with E-state index in [0.29, 0.717) is 25.0 Å². The summed E-state index contributed by atoms with van der Waals surface area (Å²) in [6.07, 6.45) is 6.49. The minimum atomic E-state index is -0.996. The van der Waals surface area contributed by atoms with Crippen LogP contribution in [-0.4, -0.2) is 40.8 Å². The summed E-state index contributed by atoms with van der Waals surface area (Å²) in [5, 5.41) is 8.76. The first-order valence-electron chi connectivity index (χ1n) is 11.5. The molecule has 7 nitrogen and oxygen atoms in total. The zero-order valence-electron chi connectivity index (χ0n) is 18.4. The van der Waals surface area contributed by atoms with E-state index < -0.39 is 18.0 Å². The molecule has 170 valence electrons. The Morgan fingerprint density at radius 3 is 2.55 bits per heavy atom. The number of carbonyl (C=O) groups excluding carboxylic acids is 3. The lowest BCUT2D eigenvalue weighted by Crippen LogP contribution is -2.53. The molecule has 0 saturated heterocycles. The lowest BCUT2D eigenvalue weighted by atomic mass is 9.48. The smallest absolute Gasteiger partial charge is 0.323 e. The maximum atomic E-state index is 13.2. The zero-order chi connectivity index (χ0) is 22.6. The summed E-state index contributed by atoms with van der Waals surface area (Å²) in [5.41, 5.74) is 6.38. The van der Waals surface area contributed by atoms with Gasteiger partial charge in [-0.2, -0.15) is 0 Å². The summed E-state index contributed by atoms with van der Waals surface area (Å²) in [6.45, 7) is 4.29. The number of allylic oxidation sites excluding steroid dienone is 1. The van der Waals surface area contributed by atoms with E-state index in [4.69, 9.17) is 15.6 Å². The molecule has 0 radical (unpaired) electrons. The number of aliphatic carboxylic acids is 1. The Kier molecular flexibility index (Phi) is 5.61. The van der Waals surface area contributed by atoms with Gasteiger partial charge in [0.2, 0.25) is 0 Å². The van der Waals surface area contributed by atoms with Crippen molar-refractivity contribution < 1.29 is 29.0 Å². The van der Waals surface area contributed by atoms with Crippen molar-refractivity contribution >= 4 is 23.5 Å². The molecule has 4 rings (SSSR count). The van der Waals surface area contributed by atoms with Gasteiger partial charge in [-0.05, 0) is 61.9 Å². The van der Waals surface area contributed by atoms with Crippen molar-refractivity contribution in [2.24, 2.45) is 34.3 Å². The predicted octanol–water partition coefficient (Wildman–Crippen LogP) is 2.80. The van der Waals surface area contributed by atoms with Crippen molar-refractivity contribution in [1.29, 1.82) is 0 Å². The number of ketones is 2. The van der Waals surface area contributed by atoms with Gasteiger partial charge in [0.25, 0.3) is 0 Å². The number of carboxylic acid groups (broad SMARTS) is 1. The van der Waals surface area contributed by atoms with Crippen molar-refractivity contribution in [3.05, 3.63) is 11.6 Å². The van der Waals surface area contributed by atoms with Gasteiger partial charge in [-0.15, -0.1) is 0 Å². The molecule has 0 bridgehead atoms. The van der Waals surface area contributed by atoms with Crippen molar-refractivity contribution in [1.82, 2.24) is 0 Å². The number of carboxylic acids is 1. The second-order valence-electron chi connectivity index (χ2n) is 10.5. The summed E-state index contributed by atoms with van der Waals surface area (Å²) in [4.78, 5) is 48.8. The maximum absolute atomic E-state index is 13.2. The van der Waals surface area contributed by atoms with E-state index in [1.54, 1.807) is 6.08 Å². The normalized spacial score (nSPS) is 40.3. The van der Waals surface area contributed by atoms with Gasteiger partial charge in [-0.1, -0.05) is 19.4 Å². The van der Waals surface area contributed by atoms with Crippen LogP contribution >= 0.6 is 0 Å². The number of rotatable bonds is 5. The van der Waals surface area contributed by atoms with Crippen LogP contribution in [0.15, 0.2) is 11.6 Å². The molecule has 3 N–H and O–H groups in total. The lowest BCUT2D eigenvalue weighted by molar-refractivity contribution is -0.153. The number of Topliss-reactive ketones (excluding diaryl/α,β-unsaturated/α-hetero) is 1. The van der Waals surface area contributed by atoms with Crippen molar-refractivity contribution in [3.8, 4) is 0 Å². The summed E-state index contributed by atoms with van der Waals surface area (Å²) in [6, 6.07) is -0.952. The second-order valence-corrected chi connectivity index (χ2v) is 10.5. The monoisotopic (exact) mass is 431 g/mol. The molecular weight excluding hydrogens is 398 g/mol. The fourth-order valence-corrected chi connectivity index (χ4v) is 6.89. The first-order chi connectivity index (χ1) is 14.6. The van der Waals surface area contributed by atoms with E-state index >= 15 is 0 Å². The molecule has 4 unspecified atom stereocenters. The highest BCUT2D eigenvalue weighted by atomic mass is 16.5. The van der Waals surface area contributed by atoms with Crippen LogP contribution in [0.25, 0.3) is 0 Å². The highest BCUT2D eigenvalue weighted by molar-refractivity contribution is 5.96. The quantitative estimate of drug-likeness (QED) is 0.641. The van der Waals surface area contributed by atoms with Gasteiger partial charge in [-0.25, -0.2) is 0 Å². The third kappa shape index (κ3) is 3.65. The Labute approximate surface area is 182 Å². The Balaban J connectivity index is 1.48. The SMILES string of the molecule is C[C@]12CC[C@H](OC(=O)C(N)CCC(=O)O)CC1=CC(=O)C1C2CC[C@]2(C)C(=O)CCC12. The average Bonchev–Trinajstić information content (AvgIpc) is 3.02. The minimum Gasteiger partial charge on any atom is -0.481 e. The number of esters is 1. The molecule has 0 aliphatic heterocycles. The van der Waals surface area contributed by atoms with Gasteiger partial charge in [0, 0.05) is 30.6 Å². The Bertz CT molecular complexity index is 849. The lowest BCUT2D eigenvalue weighted by Gasteiger charge is -2.56. The van der Waals surface area contributed by atoms with Crippen LogP contribution in [-0.2, 0) is 23.9 Å². The van der Waals surface area contributed by atoms with Gasteiger partial charge in [-0.3, -0.25) is 19.2 Å². The van der Waals surface area contributed by atoms with Crippen molar-refractivity contribution in [3.63, 3.8) is 0 Å². The molecule has 0 aromatic rings. The molecule has 3 fully saturated rings. The van der Waals surface area contributed by atoms with E-state index in [0.717, 1.165) is 31.3 Å². The molecule has 7 atom stereocenters. The molecule has 0 heterocycles. The maximum Gasteiger partial charge on any atom is 0.323 e. The number of hydrogen-bond acceptors (Lipinski definition) is 6. The van der Waals surface area contributed by atoms with E-state index in [1.165, 1.54) is 0 Å². The Hall–Kier alpha value is -2.02. The van der Waals surface area contributed by atoms with Gasteiger partial charge in [0.05, 0.1) is 0 Å². The molecule has 31 heavy (non-hydrogen) atoms. The number of ether oxygens (including phenoxy) is 1. The van der Waals surface area contributed by atoms with E-state index in [2.05, 4.69) is 13.8 Å². The molecule has 4 aliphatic carbocycles. The number of hydrogen-bond donors (Lipinski definition) is 2. The molecule has 0 aromatic carbocycles. The van der Waals surface area contributed by atoms with Crippen LogP contribution < -0.4 is 5.73 Å². The van der Waals surface area contributed by atoms with Crippen molar-refractivity contribution in [2.45, 2.75) is 83.8 Å². The molecule has 7 heteroatoms. The average molecular weight is 432 g/mol. The van der Waals surface area contributed by atoms with Crippen LogP contribution in [0, 0.1) is 28.6 Å². The Morgan fingerprint density at radius 1 is 1.16 bits per heavy atom. The first kappa shape index (κ1) is 22.2. The highest BCUT2D eigenvalue weighted by Crippen LogP contribution is 2.63. The summed E-state index contributed by atoms with van der Waals surface area (Å²) < 4.78 is 5.60. The van der Waals surface area contributed by atoms with Crippen molar-refractivity contribution in [2.75, 3.05) is 0 Å². The minimum absolute atomic E-state index is 0.0441. The summed E-state index contributed by atoms with van der Waals surface area (Å²) in [5.74, 6) is -0.825. The molecule has 0 spiro atoms. The fourth-order valence-electron chi connectivity index (χ4n) is 6.89. The predicted molar refractivity (Wildman–Crippen MR) is 112 cm³/mol. The van der Waals surface area contributed by atoms with E-state index in [1.807, 2.05) is 0 Å². The van der Waals surface area contributed by atoms with Crippen LogP contribution in [0.5, 0.6) is 0 Å². The first-order valence-corrected chi connectivity index (χ1v) is 11.5. The standard InChI is InChI=1S/C24H33NO6/c1-23-9-7-14(31-22(30)17(25)4-6-20(28)29)11-13(23)12-18(26)21-15-3-5-19(27)24(15,2)10-8-16(21)23/h12,14-17,21H,3-11,25H2,1-2H3,(H,28,29)/t14-,15?,16?,17?,21?,23-,24-/m0/s1. The van der Waals surface area contributed by atoms with Gasteiger partial charge >= 0.3 is 11.9 Å².